The van der Waals surface area contributed by atoms with E-state index in [0.29, 0.717) is 12.2 Å². The first kappa shape index (κ1) is 15.8. The van der Waals surface area contributed by atoms with E-state index in [0.717, 1.165) is 22.6 Å². The van der Waals surface area contributed by atoms with E-state index in [4.69, 9.17) is 4.74 Å². The molecule has 0 aromatic heterocycles. The molecule has 0 aliphatic rings. The van der Waals surface area contributed by atoms with E-state index >= 15 is 0 Å². The van der Waals surface area contributed by atoms with Crippen molar-refractivity contribution < 1.29 is 9.53 Å². The zero-order valence-corrected chi connectivity index (χ0v) is 13.5. The fourth-order valence-electron chi connectivity index (χ4n) is 2.35. The fraction of sp³-hybridized carbons (Fsp3) is 0.0952. The Bertz CT molecular complexity index is 811. The van der Waals surface area contributed by atoms with Gasteiger partial charge in [-0.2, -0.15) is 0 Å². The number of carbonyl (C=O) groups excluding carboxylic acids is 1. The Morgan fingerprint density at radius 1 is 0.875 bits per heavy atom. The average Bonchev–Trinajstić information content (AvgIpc) is 2.63. The topological polar surface area (TPSA) is 38.3 Å². The molecule has 24 heavy (non-hydrogen) atoms. The van der Waals surface area contributed by atoms with E-state index in [1.807, 2.05) is 73.7 Å². The van der Waals surface area contributed by atoms with Gasteiger partial charge in [-0.3, -0.25) is 4.79 Å². The number of para-hydroxylation sites is 1. The van der Waals surface area contributed by atoms with Gasteiger partial charge in [-0.1, -0.05) is 48.5 Å². The highest BCUT2D eigenvalue weighted by Gasteiger charge is 2.07. The minimum absolute atomic E-state index is 0.126. The summed E-state index contributed by atoms with van der Waals surface area (Å²) in [5, 5.41) is 2.92. The van der Waals surface area contributed by atoms with Crippen molar-refractivity contribution in [1.29, 1.82) is 0 Å². The van der Waals surface area contributed by atoms with Crippen LogP contribution in [0.25, 0.3) is 0 Å². The lowest BCUT2D eigenvalue weighted by Crippen LogP contribution is -2.12. The normalized spacial score (nSPS) is 10.2. The summed E-state index contributed by atoms with van der Waals surface area (Å²) < 4.78 is 5.73. The molecule has 0 saturated heterocycles. The van der Waals surface area contributed by atoms with Crippen molar-refractivity contribution in [2.24, 2.45) is 0 Å². The third-order valence-electron chi connectivity index (χ3n) is 3.76. The zero-order chi connectivity index (χ0) is 16.8. The maximum Gasteiger partial charge on any atom is 0.255 e. The second kappa shape index (κ2) is 7.47. The Hall–Kier alpha value is -3.07. The number of ether oxygens (including phenoxy) is 1. The van der Waals surface area contributed by atoms with Crippen molar-refractivity contribution in [3.63, 3.8) is 0 Å². The quantitative estimate of drug-likeness (QED) is 0.732. The van der Waals surface area contributed by atoms with Gasteiger partial charge in [0.1, 0.15) is 12.4 Å². The number of carbonyl (C=O) groups is 1. The third-order valence-corrected chi connectivity index (χ3v) is 3.76. The van der Waals surface area contributed by atoms with Crippen molar-refractivity contribution in [2.45, 2.75) is 13.5 Å². The number of hydrogen-bond acceptors (Lipinski definition) is 2. The lowest BCUT2D eigenvalue weighted by atomic mass is 10.1. The van der Waals surface area contributed by atoms with Gasteiger partial charge in [0.05, 0.1) is 0 Å². The van der Waals surface area contributed by atoms with E-state index in [1.165, 1.54) is 0 Å². The molecule has 120 valence electrons. The molecule has 3 aromatic carbocycles. The van der Waals surface area contributed by atoms with Crippen molar-refractivity contribution in [1.82, 2.24) is 0 Å². The van der Waals surface area contributed by atoms with Crippen LogP contribution in [0.3, 0.4) is 0 Å². The highest BCUT2D eigenvalue weighted by molar-refractivity contribution is 6.04. The Labute approximate surface area is 141 Å². The van der Waals surface area contributed by atoms with Gasteiger partial charge >= 0.3 is 0 Å². The summed E-state index contributed by atoms with van der Waals surface area (Å²) in [7, 11) is 0. The standard InChI is InChI=1S/C21H19NO2/c1-16-7-5-6-10-20(16)22-21(23)18-11-13-19(14-12-18)24-15-17-8-3-2-4-9-17/h2-14H,15H2,1H3,(H,22,23). The van der Waals surface area contributed by atoms with Gasteiger partial charge in [0.2, 0.25) is 0 Å². The van der Waals surface area contributed by atoms with E-state index in [9.17, 15) is 4.79 Å². The molecule has 3 rings (SSSR count). The van der Waals surface area contributed by atoms with Gasteiger partial charge in [-0.05, 0) is 48.4 Å². The van der Waals surface area contributed by atoms with Gasteiger partial charge < -0.3 is 10.1 Å². The van der Waals surface area contributed by atoms with Crippen LogP contribution in [0.15, 0.2) is 78.9 Å². The molecule has 0 heterocycles. The molecule has 1 N–H and O–H groups in total. The predicted octanol–water partition coefficient (Wildman–Crippen LogP) is 4.83. The number of amides is 1. The van der Waals surface area contributed by atoms with Crippen LogP contribution in [0, 0.1) is 6.92 Å². The minimum Gasteiger partial charge on any atom is -0.489 e. The second-order valence-corrected chi connectivity index (χ2v) is 5.57. The summed E-state index contributed by atoms with van der Waals surface area (Å²) in [6, 6.07) is 24.9. The summed E-state index contributed by atoms with van der Waals surface area (Å²) >= 11 is 0. The van der Waals surface area contributed by atoms with Crippen molar-refractivity contribution >= 4 is 11.6 Å². The highest BCUT2D eigenvalue weighted by atomic mass is 16.5. The van der Waals surface area contributed by atoms with E-state index in [2.05, 4.69) is 5.32 Å². The van der Waals surface area contributed by atoms with Crippen LogP contribution < -0.4 is 10.1 Å². The van der Waals surface area contributed by atoms with Crippen molar-refractivity contribution in [3.05, 3.63) is 95.6 Å². The number of rotatable bonds is 5. The number of anilines is 1. The first-order chi connectivity index (χ1) is 11.7. The summed E-state index contributed by atoms with van der Waals surface area (Å²) in [5.41, 5.74) is 3.57. The molecule has 0 unspecified atom stereocenters. The molecule has 0 saturated carbocycles. The summed E-state index contributed by atoms with van der Waals surface area (Å²) in [6.07, 6.45) is 0. The molecule has 3 nitrogen and oxygen atoms in total. The van der Waals surface area contributed by atoms with Gasteiger partial charge in [0, 0.05) is 11.3 Å². The molecule has 3 heteroatoms. The van der Waals surface area contributed by atoms with Gasteiger partial charge in [-0.25, -0.2) is 0 Å². The highest BCUT2D eigenvalue weighted by Crippen LogP contribution is 2.17. The monoisotopic (exact) mass is 317 g/mol. The molecular formula is C21H19NO2. The molecule has 0 atom stereocenters. The molecule has 3 aromatic rings. The lowest BCUT2D eigenvalue weighted by Gasteiger charge is -2.09. The fourth-order valence-corrected chi connectivity index (χ4v) is 2.35. The SMILES string of the molecule is Cc1ccccc1NC(=O)c1ccc(OCc2ccccc2)cc1. The van der Waals surface area contributed by atoms with Crippen LogP contribution >= 0.6 is 0 Å². The maximum absolute atomic E-state index is 12.3. The first-order valence-electron chi connectivity index (χ1n) is 7.86. The number of benzene rings is 3. The van der Waals surface area contributed by atoms with Crippen LogP contribution in [0.2, 0.25) is 0 Å². The van der Waals surface area contributed by atoms with Crippen LogP contribution in [0.4, 0.5) is 5.69 Å². The van der Waals surface area contributed by atoms with Gasteiger partial charge in [0.15, 0.2) is 0 Å². The van der Waals surface area contributed by atoms with Crippen LogP contribution in [0.5, 0.6) is 5.75 Å². The molecular weight excluding hydrogens is 298 g/mol. The van der Waals surface area contributed by atoms with E-state index in [1.54, 1.807) is 12.1 Å². The van der Waals surface area contributed by atoms with Gasteiger partial charge in [0.25, 0.3) is 5.91 Å². The summed E-state index contributed by atoms with van der Waals surface area (Å²) in [6.45, 7) is 2.48. The van der Waals surface area contributed by atoms with Crippen LogP contribution in [-0.4, -0.2) is 5.91 Å². The summed E-state index contributed by atoms with van der Waals surface area (Å²) in [5.74, 6) is 0.616. The Morgan fingerprint density at radius 3 is 2.25 bits per heavy atom. The maximum atomic E-state index is 12.3. The zero-order valence-electron chi connectivity index (χ0n) is 13.5. The Morgan fingerprint density at radius 2 is 1.54 bits per heavy atom. The van der Waals surface area contributed by atoms with Crippen molar-refractivity contribution in [2.75, 3.05) is 5.32 Å². The molecule has 0 spiro atoms. The van der Waals surface area contributed by atoms with E-state index in [-0.39, 0.29) is 5.91 Å². The average molecular weight is 317 g/mol. The Balaban J connectivity index is 1.61. The number of aryl methyl sites for hydroxylation is 1. The number of nitrogens with one attached hydrogen (secondary N) is 1. The smallest absolute Gasteiger partial charge is 0.255 e. The van der Waals surface area contributed by atoms with Gasteiger partial charge in [-0.15, -0.1) is 0 Å². The van der Waals surface area contributed by atoms with Crippen molar-refractivity contribution in [3.8, 4) is 5.75 Å². The second-order valence-electron chi connectivity index (χ2n) is 5.57. The van der Waals surface area contributed by atoms with Crippen LogP contribution in [0.1, 0.15) is 21.5 Å². The van der Waals surface area contributed by atoms with Crippen LogP contribution in [-0.2, 0) is 6.61 Å². The first-order valence-corrected chi connectivity index (χ1v) is 7.86. The predicted molar refractivity (Wildman–Crippen MR) is 96.3 cm³/mol. The minimum atomic E-state index is -0.126. The molecule has 0 aliphatic heterocycles. The largest absolute Gasteiger partial charge is 0.489 e. The number of hydrogen-bond donors (Lipinski definition) is 1. The lowest BCUT2D eigenvalue weighted by molar-refractivity contribution is 0.102. The van der Waals surface area contributed by atoms with E-state index < -0.39 is 0 Å². The molecule has 1 amide bonds. The third kappa shape index (κ3) is 4.02. The Kier molecular flexibility index (Phi) is 4.92. The summed E-state index contributed by atoms with van der Waals surface area (Å²) in [4.78, 5) is 12.3. The molecule has 0 radical (unpaired) electrons. The molecule has 0 aliphatic carbocycles. The molecule has 0 bridgehead atoms. The molecule has 0 fully saturated rings.